The van der Waals surface area contributed by atoms with Crippen molar-refractivity contribution in [2.45, 2.75) is 64.0 Å². The molecule has 0 aliphatic carbocycles. The van der Waals surface area contributed by atoms with Crippen molar-refractivity contribution in [3.05, 3.63) is 0 Å². The van der Waals surface area contributed by atoms with Crippen molar-refractivity contribution in [2.75, 3.05) is 19.6 Å². The molecule has 2 fully saturated rings. The minimum Gasteiger partial charge on any atom is -0.315 e. The Labute approximate surface area is 94.4 Å². The van der Waals surface area contributed by atoms with Crippen molar-refractivity contribution >= 4 is 0 Å². The molecular formula is C13H26N2. The zero-order chi connectivity index (χ0) is 10.7. The van der Waals surface area contributed by atoms with E-state index in [0.29, 0.717) is 5.54 Å². The van der Waals surface area contributed by atoms with Gasteiger partial charge in [-0.05, 0) is 52.1 Å². The molecule has 0 aromatic rings. The zero-order valence-corrected chi connectivity index (χ0v) is 10.4. The molecule has 0 aromatic heterocycles. The molecule has 2 rings (SSSR count). The number of piperidine rings is 1. The summed E-state index contributed by atoms with van der Waals surface area (Å²) in [5.41, 5.74) is 0.535. The fourth-order valence-corrected chi connectivity index (χ4v) is 3.63. The Morgan fingerprint density at radius 1 is 1.33 bits per heavy atom. The lowest BCUT2D eigenvalue weighted by Crippen LogP contribution is -2.56. The molecule has 2 atom stereocenters. The first-order chi connectivity index (χ1) is 7.28. The van der Waals surface area contributed by atoms with E-state index >= 15 is 0 Å². The molecular weight excluding hydrogens is 184 g/mol. The first-order valence-electron chi connectivity index (χ1n) is 6.76. The van der Waals surface area contributed by atoms with E-state index in [2.05, 4.69) is 24.1 Å². The third-order valence-electron chi connectivity index (χ3n) is 4.34. The van der Waals surface area contributed by atoms with Gasteiger partial charge in [0, 0.05) is 18.1 Å². The minimum atomic E-state index is 0.535. The normalized spacial score (nSPS) is 34.8. The highest BCUT2D eigenvalue weighted by molar-refractivity contribution is 5.01. The van der Waals surface area contributed by atoms with Crippen molar-refractivity contribution < 1.29 is 0 Å². The van der Waals surface area contributed by atoms with Gasteiger partial charge in [0.1, 0.15) is 0 Å². The Kier molecular flexibility index (Phi) is 3.68. The van der Waals surface area contributed by atoms with Gasteiger partial charge in [0.25, 0.3) is 0 Å². The molecule has 2 heterocycles. The van der Waals surface area contributed by atoms with Crippen molar-refractivity contribution in [3.63, 3.8) is 0 Å². The Bertz CT molecular complexity index is 197. The highest BCUT2D eigenvalue weighted by atomic mass is 15.3. The van der Waals surface area contributed by atoms with Crippen LogP contribution in [-0.4, -0.2) is 36.1 Å². The Hall–Kier alpha value is -0.0800. The summed E-state index contributed by atoms with van der Waals surface area (Å²) >= 11 is 0. The van der Waals surface area contributed by atoms with Crippen LogP contribution in [0.25, 0.3) is 0 Å². The van der Waals surface area contributed by atoms with Crippen LogP contribution >= 0.6 is 0 Å². The first kappa shape index (κ1) is 11.4. The third-order valence-corrected chi connectivity index (χ3v) is 4.34. The van der Waals surface area contributed by atoms with E-state index in [1.807, 2.05) is 0 Å². The summed E-state index contributed by atoms with van der Waals surface area (Å²) in [6.07, 6.45) is 8.32. The van der Waals surface area contributed by atoms with Crippen LogP contribution in [-0.2, 0) is 0 Å². The van der Waals surface area contributed by atoms with Gasteiger partial charge in [0.2, 0.25) is 0 Å². The summed E-state index contributed by atoms with van der Waals surface area (Å²) < 4.78 is 0. The van der Waals surface area contributed by atoms with Crippen molar-refractivity contribution in [1.82, 2.24) is 10.2 Å². The maximum absolute atomic E-state index is 3.60. The summed E-state index contributed by atoms with van der Waals surface area (Å²) in [5, 5.41) is 3.60. The largest absolute Gasteiger partial charge is 0.315 e. The van der Waals surface area contributed by atoms with Gasteiger partial charge in [-0.25, -0.2) is 0 Å². The lowest BCUT2D eigenvalue weighted by atomic mass is 9.86. The predicted octanol–water partition coefficient (Wildman–Crippen LogP) is 2.39. The summed E-state index contributed by atoms with van der Waals surface area (Å²) in [6.45, 7) is 8.53. The van der Waals surface area contributed by atoms with Crippen LogP contribution in [0.3, 0.4) is 0 Å². The van der Waals surface area contributed by atoms with E-state index in [1.54, 1.807) is 0 Å². The molecule has 2 aliphatic heterocycles. The second kappa shape index (κ2) is 4.84. The van der Waals surface area contributed by atoms with E-state index in [4.69, 9.17) is 0 Å². The first-order valence-corrected chi connectivity index (χ1v) is 6.76. The van der Waals surface area contributed by atoms with E-state index in [0.717, 1.165) is 6.04 Å². The van der Waals surface area contributed by atoms with Crippen LogP contribution in [0.5, 0.6) is 0 Å². The summed E-state index contributed by atoms with van der Waals surface area (Å²) in [6, 6.07) is 0.789. The van der Waals surface area contributed by atoms with Crippen LogP contribution in [0.4, 0.5) is 0 Å². The average Bonchev–Trinajstić information content (AvgIpc) is 2.63. The topological polar surface area (TPSA) is 15.3 Å². The van der Waals surface area contributed by atoms with E-state index < -0.39 is 0 Å². The van der Waals surface area contributed by atoms with Crippen molar-refractivity contribution in [1.29, 1.82) is 0 Å². The predicted molar refractivity (Wildman–Crippen MR) is 65.1 cm³/mol. The Morgan fingerprint density at radius 3 is 2.80 bits per heavy atom. The summed E-state index contributed by atoms with van der Waals surface area (Å²) in [5.74, 6) is 0. The van der Waals surface area contributed by atoms with Crippen LogP contribution < -0.4 is 5.32 Å². The van der Waals surface area contributed by atoms with Crippen LogP contribution in [0.2, 0.25) is 0 Å². The number of likely N-dealkylation sites (tertiary alicyclic amines) is 1. The summed E-state index contributed by atoms with van der Waals surface area (Å²) in [4.78, 5) is 2.81. The molecule has 88 valence electrons. The second-order valence-corrected chi connectivity index (χ2v) is 5.44. The minimum absolute atomic E-state index is 0.535. The lowest BCUT2D eigenvalue weighted by molar-refractivity contribution is 0.0652. The SMILES string of the molecule is CCCC(C)N1CCCC12CCCNC2. The standard InChI is InChI=1S/C13H26N2/c1-3-6-12(2)15-10-5-8-13(15)7-4-9-14-11-13/h12,14H,3-11H2,1-2H3. The molecule has 2 nitrogen and oxygen atoms in total. The molecule has 2 saturated heterocycles. The maximum atomic E-state index is 3.60. The molecule has 15 heavy (non-hydrogen) atoms. The van der Waals surface area contributed by atoms with E-state index in [9.17, 15) is 0 Å². The lowest BCUT2D eigenvalue weighted by Gasteiger charge is -2.45. The average molecular weight is 210 g/mol. The second-order valence-electron chi connectivity index (χ2n) is 5.44. The van der Waals surface area contributed by atoms with Crippen LogP contribution in [0.15, 0.2) is 0 Å². The van der Waals surface area contributed by atoms with Crippen LogP contribution in [0, 0.1) is 0 Å². The quantitative estimate of drug-likeness (QED) is 0.769. The molecule has 1 N–H and O–H groups in total. The van der Waals surface area contributed by atoms with E-state index in [-0.39, 0.29) is 0 Å². The number of nitrogens with zero attached hydrogens (tertiary/aromatic N) is 1. The van der Waals surface area contributed by atoms with E-state index in [1.165, 1.54) is 58.2 Å². The molecule has 2 unspecified atom stereocenters. The van der Waals surface area contributed by atoms with Gasteiger partial charge in [-0.3, -0.25) is 4.90 Å². The molecule has 2 aliphatic rings. The van der Waals surface area contributed by atoms with Gasteiger partial charge < -0.3 is 5.32 Å². The zero-order valence-electron chi connectivity index (χ0n) is 10.4. The number of rotatable bonds is 3. The molecule has 0 bridgehead atoms. The van der Waals surface area contributed by atoms with Gasteiger partial charge in [-0.15, -0.1) is 0 Å². The number of hydrogen-bond donors (Lipinski definition) is 1. The van der Waals surface area contributed by atoms with Gasteiger partial charge in [0.05, 0.1) is 0 Å². The molecule has 1 spiro atoms. The van der Waals surface area contributed by atoms with Gasteiger partial charge in [-0.1, -0.05) is 13.3 Å². The Morgan fingerprint density at radius 2 is 2.13 bits per heavy atom. The highest BCUT2D eigenvalue weighted by Gasteiger charge is 2.43. The fraction of sp³-hybridized carbons (Fsp3) is 1.00. The smallest absolute Gasteiger partial charge is 0.0337 e. The van der Waals surface area contributed by atoms with Crippen molar-refractivity contribution in [3.8, 4) is 0 Å². The monoisotopic (exact) mass is 210 g/mol. The molecule has 0 amide bonds. The van der Waals surface area contributed by atoms with Crippen LogP contribution in [0.1, 0.15) is 52.4 Å². The fourth-order valence-electron chi connectivity index (χ4n) is 3.63. The molecule has 0 radical (unpaired) electrons. The number of hydrogen-bond acceptors (Lipinski definition) is 2. The van der Waals surface area contributed by atoms with Crippen molar-refractivity contribution in [2.24, 2.45) is 0 Å². The molecule has 0 saturated carbocycles. The maximum Gasteiger partial charge on any atom is 0.0337 e. The van der Waals surface area contributed by atoms with Gasteiger partial charge in [0.15, 0.2) is 0 Å². The van der Waals surface area contributed by atoms with Gasteiger partial charge >= 0.3 is 0 Å². The Balaban J connectivity index is 2.02. The molecule has 2 heteroatoms. The third kappa shape index (κ3) is 2.21. The summed E-state index contributed by atoms with van der Waals surface area (Å²) in [7, 11) is 0. The van der Waals surface area contributed by atoms with Gasteiger partial charge in [-0.2, -0.15) is 0 Å². The highest BCUT2D eigenvalue weighted by Crippen LogP contribution is 2.37. The molecule has 0 aromatic carbocycles. The number of nitrogens with one attached hydrogen (secondary N) is 1.